The van der Waals surface area contributed by atoms with Crippen molar-refractivity contribution in [3.05, 3.63) is 0 Å². The Morgan fingerprint density at radius 3 is 3.00 bits per heavy atom. The lowest BCUT2D eigenvalue weighted by Gasteiger charge is -2.30. The molecule has 4 nitrogen and oxygen atoms in total. The van der Waals surface area contributed by atoms with Crippen molar-refractivity contribution in [1.29, 1.82) is 0 Å². The smallest absolute Gasteiger partial charge is 0.305 e. The molecule has 0 aromatic heterocycles. The highest BCUT2D eigenvalue weighted by molar-refractivity contribution is 5.69. The molecular formula is C11H21NO3. The predicted molar refractivity (Wildman–Crippen MR) is 57.7 cm³/mol. The van der Waals surface area contributed by atoms with Crippen molar-refractivity contribution in [2.24, 2.45) is 0 Å². The minimum atomic E-state index is -0.122. The lowest BCUT2D eigenvalue weighted by Crippen LogP contribution is -2.39. The number of esters is 1. The van der Waals surface area contributed by atoms with Gasteiger partial charge < -0.3 is 14.4 Å². The van der Waals surface area contributed by atoms with E-state index in [1.54, 1.807) is 0 Å². The van der Waals surface area contributed by atoms with Crippen LogP contribution in [0.4, 0.5) is 0 Å². The highest BCUT2D eigenvalue weighted by atomic mass is 16.5. The highest BCUT2D eigenvalue weighted by Crippen LogP contribution is 2.12. The van der Waals surface area contributed by atoms with Gasteiger partial charge in [-0.25, -0.2) is 0 Å². The SMILES string of the molecule is COC(=O)CCCN(C)C1CCCOC1. The van der Waals surface area contributed by atoms with E-state index in [0.29, 0.717) is 12.5 Å². The Bertz CT molecular complexity index is 190. The first-order valence-electron chi connectivity index (χ1n) is 5.59. The van der Waals surface area contributed by atoms with Gasteiger partial charge in [-0.2, -0.15) is 0 Å². The zero-order valence-electron chi connectivity index (χ0n) is 9.70. The molecule has 0 aliphatic carbocycles. The molecule has 0 bridgehead atoms. The highest BCUT2D eigenvalue weighted by Gasteiger charge is 2.18. The molecule has 15 heavy (non-hydrogen) atoms. The van der Waals surface area contributed by atoms with Crippen molar-refractivity contribution in [1.82, 2.24) is 4.90 Å². The third kappa shape index (κ3) is 4.62. The number of likely N-dealkylation sites (N-methyl/N-ethyl adjacent to an activating group) is 1. The molecule has 0 aromatic carbocycles. The molecule has 1 unspecified atom stereocenters. The Morgan fingerprint density at radius 2 is 2.40 bits per heavy atom. The number of carbonyl (C=O) groups is 1. The van der Waals surface area contributed by atoms with Crippen molar-refractivity contribution in [2.75, 3.05) is 33.9 Å². The lowest BCUT2D eigenvalue weighted by atomic mass is 10.1. The van der Waals surface area contributed by atoms with Crippen LogP contribution in [0.15, 0.2) is 0 Å². The summed E-state index contributed by atoms with van der Waals surface area (Å²) < 4.78 is 10.0. The Balaban J connectivity index is 2.11. The van der Waals surface area contributed by atoms with E-state index in [-0.39, 0.29) is 5.97 Å². The number of ether oxygens (including phenoxy) is 2. The molecule has 0 saturated carbocycles. The maximum Gasteiger partial charge on any atom is 0.305 e. The zero-order chi connectivity index (χ0) is 11.1. The molecule has 1 atom stereocenters. The van der Waals surface area contributed by atoms with Gasteiger partial charge in [0.05, 0.1) is 13.7 Å². The molecule has 0 radical (unpaired) electrons. The van der Waals surface area contributed by atoms with Gasteiger partial charge in [0.2, 0.25) is 0 Å². The van der Waals surface area contributed by atoms with E-state index >= 15 is 0 Å². The average Bonchev–Trinajstić information content (AvgIpc) is 2.29. The van der Waals surface area contributed by atoms with Gasteiger partial charge in [-0.1, -0.05) is 0 Å². The van der Waals surface area contributed by atoms with Crippen LogP contribution >= 0.6 is 0 Å². The van der Waals surface area contributed by atoms with Gasteiger partial charge in [-0.3, -0.25) is 4.79 Å². The average molecular weight is 215 g/mol. The third-order valence-electron chi connectivity index (χ3n) is 2.88. The van der Waals surface area contributed by atoms with Crippen LogP contribution in [0.25, 0.3) is 0 Å². The van der Waals surface area contributed by atoms with Crippen LogP contribution in [0.2, 0.25) is 0 Å². The summed E-state index contributed by atoms with van der Waals surface area (Å²) in [5.74, 6) is -0.122. The predicted octanol–water partition coefficient (Wildman–Crippen LogP) is 1.05. The van der Waals surface area contributed by atoms with Crippen LogP contribution in [-0.2, 0) is 14.3 Å². The molecule has 0 spiro atoms. The van der Waals surface area contributed by atoms with E-state index in [9.17, 15) is 4.79 Å². The zero-order valence-corrected chi connectivity index (χ0v) is 9.70. The first-order chi connectivity index (χ1) is 7.24. The Morgan fingerprint density at radius 1 is 1.60 bits per heavy atom. The van der Waals surface area contributed by atoms with Crippen molar-refractivity contribution < 1.29 is 14.3 Å². The molecule has 1 rings (SSSR count). The van der Waals surface area contributed by atoms with E-state index in [1.165, 1.54) is 13.5 Å². The molecule has 1 aliphatic rings. The summed E-state index contributed by atoms with van der Waals surface area (Å²) in [5, 5.41) is 0. The molecule has 1 fully saturated rings. The minimum Gasteiger partial charge on any atom is -0.469 e. The van der Waals surface area contributed by atoms with E-state index in [4.69, 9.17) is 4.74 Å². The molecule has 0 aromatic rings. The van der Waals surface area contributed by atoms with Crippen LogP contribution in [0.1, 0.15) is 25.7 Å². The van der Waals surface area contributed by atoms with E-state index in [0.717, 1.165) is 32.6 Å². The summed E-state index contributed by atoms with van der Waals surface area (Å²) in [5.41, 5.74) is 0. The molecule has 1 saturated heterocycles. The molecule has 1 aliphatic heterocycles. The topological polar surface area (TPSA) is 38.8 Å². The number of hydrogen-bond donors (Lipinski definition) is 0. The molecule has 0 amide bonds. The fraction of sp³-hybridized carbons (Fsp3) is 0.909. The van der Waals surface area contributed by atoms with Crippen molar-refractivity contribution in [3.8, 4) is 0 Å². The third-order valence-corrected chi connectivity index (χ3v) is 2.88. The van der Waals surface area contributed by atoms with E-state index < -0.39 is 0 Å². The van der Waals surface area contributed by atoms with E-state index in [2.05, 4.69) is 16.7 Å². The summed E-state index contributed by atoms with van der Waals surface area (Å²) in [4.78, 5) is 13.2. The number of hydrogen-bond acceptors (Lipinski definition) is 4. The summed E-state index contributed by atoms with van der Waals surface area (Å²) in [6.07, 6.45) is 3.72. The fourth-order valence-corrected chi connectivity index (χ4v) is 1.83. The number of nitrogens with zero attached hydrogens (tertiary/aromatic N) is 1. The molecule has 4 heteroatoms. The van der Waals surface area contributed by atoms with Gasteiger partial charge in [0.1, 0.15) is 0 Å². The van der Waals surface area contributed by atoms with Crippen LogP contribution in [-0.4, -0.2) is 50.8 Å². The van der Waals surface area contributed by atoms with Crippen LogP contribution in [0.5, 0.6) is 0 Å². The molecular weight excluding hydrogens is 194 g/mol. The summed E-state index contributed by atoms with van der Waals surface area (Å²) in [6.45, 7) is 2.66. The number of rotatable bonds is 5. The van der Waals surface area contributed by atoms with Crippen LogP contribution < -0.4 is 0 Å². The monoisotopic (exact) mass is 215 g/mol. The van der Waals surface area contributed by atoms with E-state index in [1.807, 2.05) is 0 Å². The maximum atomic E-state index is 10.9. The van der Waals surface area contributed by atoms with Crippen LogP contribution in [0.3, 0.4) is 0 Å². The molecule has 88 valence electrons. The molecule has 0 N–H and O–H groups in total. The summed E-state index contributed by atoms with van der Waals surface area (Å²) >= 11 is 0. The quantitative estimate of drug-likeness (QED) is 0.643. The second kappa shape index (κ2) is 6.80. The van der Waals surface area contributed by atoms with Crippen molar-refractivity contribution in [3.63, 3.8) is 0 Å². The van der Waals surface area contributed by atoms with Gasteiger partial charge in [-0.15, -0.1) is 0 Å². The first-order valence-corrected chi connectivity index (χ1v) is 5.59. The van der Waals surface area contributed by atoms with Crippen LogP contribution in [0, 0.1) is 0 Å². The van der Waals surface area contributed by atoms with Gasteiger partial charge in [0.25, 0.3) is 0 Å². The largest absolute Gasteiger partial charge is 0.469 e. The summed E-state index contributed by atoms with van der Waals surface area (Å²) in [7, 11) is 3.53. The summed E-state index contributed by atoms with van der Waals surface area (Å²) in [6, 6.07) is 0.524. The van der Waals surface area contributed by atoms with Crippen molar-refractivity contribution in [2.45, 2.75) is 31.7 Å². The van der Waals surface area contributed by atoms with Gasteiger partial charge in [-0.05, 0) is 32.9 Å². The normalized spacial score (nSPS) is 21.7. The Hall–Kier alpha value is -0.610. The lowest BCUT2D eigenvalue weighted by molar-refractivity contribution is -0.140. The molecule has 1 heterocycles. The standard InChI is InChI=1S/C11H21NO3/c1-12(7-3-6-11(13)14-2)10-5-4-8-15-9-10/h10H,3-9H2,1-2H3. The first kappa shape index (κ1) is 12.5. The number of methoxy groups -OCH3 is 1. The van der Waals surface area contributed by atoms with Gasteiger partial charge in [0.15, 0.2) is 0 Å². The second-order valence-electron chi connectivity index (χ2n) is 4.03. The minimum absolute atomic E-state index is 0.122. The van der Waals surface area contributed by atoms with Gasteiger partial charge >= 0.3 is 5.97 Å². The Labute approximate surface area is 91.5 Å². The Kier molecular flexibility index (Phi) is 5.65. The van der Waals surface area contributed by atoms with Crippen molar-refractivity contribution >= 4 is 5.97 Å². The van der Waals surface area contributed by atoms with Gasteiger partial charge in [0, 0.05) is 19.1 Å². The number of carbonyl (C=O) groups excluding carboxylic acids is 1. The maximum absolute atomic E-state index is 10.9. The fourth-order valence-electron chi connectivity index (χ4n) is 1.83. The second-order valence-corrected chi connectivity index (χ2v) is 4.03.